The first-order chi connectivity index (χ1) is 6.31. The van der Waals surface area contributed by atoms with Gasteiger partial charge >= 0.3 is 0 Å². The molecular weight excluding hydrogens is 164 g/mol. The van der Waals surface area contributed by atoms with Crippen LogP contribution in [0.25, 0.3) is 0 Å². The maximum atomic E-state index is 8.55. The number of aliphatic hydroxyl groups is 1. The van der Waals surface area contributed by atoms with Crippen LogP contribution in [-0.4, -0.2) is 24.4 Å². The predicted octanol–water partition coefficient (Wildman–Crippen LogP) is 2.74. The maximum Gasteiger partial charge on any atom is 0.0547 e. The fourth-order valence-electron chi connectivity index (χ4n) is 1.25. The second-order valence-corrected chi connectivity index (χ2v) is 3.61. The van der Waals surface area contributed by atoms with Gasteiger partial charge in [-0.15, -0.1) is 0 Å². The minimum atomic E-state index is 0.311. The standard InChI is InChI=1S/C11H24O2/c1-3-4-8-11(2)13-10-7-5-6-9-12/h11-12H,3-10H2,1-2H3. The molecule has 0 saturated carbocycles. The Labute approximate surface area is 82.3 Å². The van der Waals surface area contributed by atoms with Gasteiger partial charge in [0.15, 0.2) is 0 Å². The minimum absolute atomic E-state index is 0.311. The van der Waals surface area contributed by atoms with Crippen molar-refractivity contribution in [3.63, 3.8) is 0 Å². The lowest BCUT2D eigenvalue weighted by molar-refractivity contribution is 0.0555. The Bertz CT molecular complexity index is 94.1. The van der Waals surface area contributed by atoms with Crippen molar-refractivity contribution in [1.82, 2.24) is 0 Å². The number of rotatable bonds is 9. The summed E-state index contributed by atoms with van der Waals surface area (Å²) in [6, 6.07) is 0. The number of hydrogen-bond acceptors (Lipinski definition) is 2. The van der Waals surface area contributed by atoms with E-state index >= 15 is 0 Å². The highest BCUT2D eigenvalue weighted by Gasteiger charge is 2.00. The monoisotopic (exact) mass is 188 g/mol. The highest BCUT2D eigenvalue weighted by Crippen LogP contribution is 2.05. The van der Waals surface area contributed by atoms with Crippen molar-refractivity contribution in [2.45, 2.75) is 58.5 Å². The van der Waals surface area contributed by atoms with Crippen LogP contribution in [0.4, 0.5) is 0 Å². The Morgan fingerprint density at radius 2 is 1.92 bits per heavy atom. The van der Waals surface area contributed by atoms with Gasteiger partial charge in [-0.25, -0.2) is 0 Å². The van der Waals surface area contributed by atoms with Crippen molar-refractivity contribution in [1.29, 1.82) is 0 Å². The van der Waals surface area contributed by atoms with E-state index in [2.05, 4.69) is 13.8 Å². The Balaban J connectivity index is 3.03. The molecule has 1 atom stereocenters. The molecule has 0 radical (unpaired) electrons. The average Bonchev–Trinajstić information content (AvgIpc) is 2.14. The molecule has 80 valence electrons. The molecule has 13 heavy (non-hydrogen) atoms. The smallest absolute Gasteiger partial charge is 0.0547 e. The van der Waals surface area contributed by atoms with Gasteiger partial charge < -0.3 is 9.84 Å². The van der Waals surface area contributed by atoms with Crippen LogP contribution in [0.15, 0.2) is 0 Å². The zero-order chi connectivity index (χ0) is 9.94. The van der Waals surface area contributed by atoms with Gasteiger partial charge in [0.25, 0.3) is 0 Å². The zero-order valence-corrected chi connectivity index (χ0v) is 9.09. The summed E-state index contributed by atoms with van der Waals surface area (Å²) in [7, 11) is 0. The second kappa shape index (κ2) is 10.0. The number of unbranched alkanes of at least 4 members (excludes halogenated alkanes) is 3. The van der Waals surface area contributed by atoms with Gasteiger partial charge in [-0.3, -0.25) is 0 Å². The van der Waals surface area contributed by atoms with Gasteiger partial charge in [0, 0.05) is 13.2 Å². The molecule has 1 N–H and O–H groups in total. The van der Waals surface area contributed by atoms with E-state index in [4.69, 9.17) is 9.84 Å². The van der Waals surface area contributed by atoms with Crippen LogP contribution < -0.4 is 0 Å². The second-order valence-electron chi connectivity index (χ2n) is 3.61. The van der Waals surface area contributed by atoms with Gasteiger partial charge in [-0.05, 0) is 32.6 Å². The molecule has 0 rings (SSSR count). The average molecular weight is 188 g/mol. The van der Waals surface area contributed by atoms with Gasteiger partial charge in [-0.1, -0.05) is 19.8 Å². The summed E-state index contributed by atoms with van der Waals surface area (Å²) in [4.78, 5) is 0. The van der Waals surface area contributed by atoms with Gasteiger partial charge in [0.05, 0.1) is 6.10 Å². The van der Waals surface area contributed by atoms with Crippen LogP contribution in [0.2, 0.25) is 0 Å². The van der Waals surface area contributed by atoms with Crippen molar-refractivity contribution < 1.29 is 9.84 Å². The van der Waals surface area contributed by atoms with E-state index in [9.17, 15) is 0 Å². The Hall–Kier alpha value is -0.0800. The number of hydrogen-bond donors (Lipinski definition) is 1. The molecule has 2 heteroatoms. The van der Waals surface area contributed by atoms with E-state index in [1.165, 1.54) is 19.3 Å². The fourth-order valence-corrected chi connectivity index (χ4v) is 1.25. The summed E-state index contributed by atoms with van der Waals surface area (Å²) in [5.74, 6) is 0. The zero-order valence-electron chi connectivity index (χ0n) is 9.09. The largest absolute Gasteiger partial charge is 0.396 e. The third kappa shape index (κ3) is 9.84. The summed E-state index contributed by atoms with van der Waals surface area (Å²) < 4.78 is 5.61. The molecule has 1 unspecified atom stereocenters. The molecule has 0 aliphatic rings. The van der Waals surface area contributed by atoms with E-state index in [0.717, 1.165) is 25.9 Å². The van der Waals surface area contributed by atoms with Crippen molar-refractivity contribution in [2.75, 3.05) is 13.2 Å². The Morgan fingerprint density at radius 1 is 1.15 bits per heavy atom. The Kier molecular flexibility index (Phi) is 9.94. The van der Waals surface area contributed by atoms with Crippen molar-refractivity contribution in [2.24, 2.45) is 0 Å². The predicted molar refractivity (Wildman–Crippen MR) is 55.9 cm³/mol. The first-order valence-corrected chi connectivity index (χ1v) is 5.53. The van der Waals surface area contributed by atoms with Gasteiger partial charge in [0.2, 0.25) is 0 Å². The van der Waals surface area contributed by atoms with Crippen molar-refractivity contribution in [3.8, 4) is 0 Å². The first-order valence-electron chi connectivity index (χ1n) is 5.53. The lowest BCUT2D eigenvalue weighted by Gasteiger charge is -2.11. The summed E-state index contributed by atoms with van der Waals surface area (Å²) >= 11 is 0. The van der Waals surface area contributed by atoms with E-state index in [-0.39, 0.29) is 0 Å². The van der Waals surface area contributed by atoms with Crippen molar-refractivity contribution in [3.05, 3.63) is 0 Å². The van der Waals surface area contributed by atoms with Crippen LogP contribution in [0.5, 0.6) is 0 Å². The molecule has 2 nitrogen and oxygen atoms in total. The van der Waals surface area contributed by atoms with E-state index in [1.54, 1.807) is 0 Å². The molecule has 0 saturated heterocycles. The summed E-state index contributed by atoms with van der Waals surface area (Å²) in [6.07, 6.45) is 7.17. The summed E-state index contributed by atoms with van der Waals surface area (Å²) in [5, 5.41) is 8.55. The molecule has 0 bridgehead atoms. The Morgan fingerprint density at radius 3 is 2.54 bits per heavy atom. The van der Waals surface area contributed by atoms with Gasteiger partial charge in [0.1, 0.15) is 0 Å². The first kappa shape index (κ1) is 12.9. The lowest BCUT2D eigenvalue weighted by atomic mass is 10.2. The molecule has 0 aromatic heterocycles. The highest BCUT2D eigenvalue weighted by atomic mass is 16.5. The third-order valence-electron chi connectivity index (χ3n) is 2.17. The molecular formula is C11H24O2. The molecule has 0 aliphatic heterocycles. The van der Waals surface area contributed by atoms with E-state index in [1.807, 2.05) is 0 Å². The lowest BCUT2D eigenvalue weighted by Crippen LogP contribution is -2.09. The molecule has 0 fully saturated rings. The molecule has 0 amide bonds. The fraction of sp³-hybridized carbons (Fsp3) is 1.00. The minimum Gasteiger partial charge on any atom is -0.396 e. The molecule has 0 aromatic carbocycles. The molecule has 0 spiro atoms. The van der Waals surface area contributed by atoms with Crippen LogP contribution >= 0.6 is 0 Å². The van der Waals surface area contributed by atoms with Crippen LogP contribution in [0, 0.1) is 0 Å². The van der Waals surface area contributed by atoms with Crippen LogP contribution in [0.1, 0.15) is 52.4 Å². The quantitative estimate of drug-likeness (QED) is 0.564. The SMILES string of the molecule is CCCCC(C)OCCCCCO. The molecule has 0 heterocycles. The van der Waals surface area contributed by atoms with Crippen molar-refractivity contribution >= 4 is 0 Å². The number of aliphatic hydroxyl groups excluding tert-OH is 1. The highest BCUT2D eigenvalue weighted by molar-refractivity contribution is 4.50. The third-order valence-corrected chi connectivity index (χ3v) is 2.17. The van der Waals surface area contributed by atoms with Crippen LogP contribution in [0.3, 0.4) is 0 Å². The normalized spacial score (nSPS) is 13.2. The van der Waals surface area contributed by atoms with Gasteiger partial charge in [-0.2, -0.15) is 0 Å². The summed E-state index contributed by atoms with van der Waals surface area (Å²) in [5.41, 5.74) is 0. The molecule has 0 aromatic rings. The van der Waals surface area contributed by atoms with E-state index < -0.39 is 0 Å². The van der Waals surface area contributed by atoms with E-state index in [0.29, 0.717) is 12.7 Å². The maximum absolute atomic E-state index is 8.55. The number of ether oxygens (including phenoxy) is 1. The van der Waals surface area contributed by atoms with Crippen LogP contribution in [-0.2, 0) is 4.74 Å². The molecule has 0 aliphatic carbocycles. The summed E-state index contributed by atoms with van der Waals surface area (Å²) in [6.45, 7) is 5.51. The topological polar surface area (TPSA) is 29.5 Å².